The average molecular weight is 467 g/mol. The number of ether oxygens (including phenoxy) is 1. The fourth-order valence-corrected chi connectivity index (χ4v) is 3.96. The quantitative estimate of drug-likeness (QED) is 0.338. The van der Waals surface area contributed by atoms with Crippen molar-refractivity contribution in [3.8, 4) is 28.3 Å². The van der Waals surface area contributed by atoms with Crippen molar-refractivity contribution in [2.75, 3.05) is 7.11 Å². The first kappa shape index (κ1) is 22.3. The Bertz CT molecular complexity index is 1510. The summed E-state index contributed by atoms with van der Waals surface area (Å²) in [5.41, 5.74) is 5.72. The number of fused-ring (bicyclic) bond motifs is 1. The van der Waals surface area contributed by atoms with Gasteiger partial charge in [-0.15, -0.1) is 0 Å². The Morgan fingerprint density at radius 2 is 1.74 bits per heavy atom. The maximum atomic E-state index is 13.5. The van der Waals surface area contributed by atoms with Crippen molar-refractivity contribution < 1.29 is 13.9 Å². The lowest BCUT2D eigenvalue weighted by atomic mass is 10.0. The minimum atomic E-state index is -0.339. The van der Waals surface area contributed by atoms with Crippen LogP contribution in [0.25, 0.3) is 33.5 Å². The Morgan fingerprint density at radius 1 is 1.00 bits per heavy atom. The van der Waals surface area contributed by atoms with E-state index < -0.39 is 0 Å². The van der Waals surface area contributed by atoms with Gasteiger partial charge < -0.3 is 10.1 Å². The van der Waals surface area contributed by atoms with Gasteiger partial charge in [0.25, 0.3) is 5.91 Å². The van der Waals surface area contributed by atoms with Gasteiger partial charge in [0.15, 0.2) is 5.65 Å². The van der Waals surface area contributed by atoms with E-state index in [0.29, 0.717) is 40.1 Å². The number of benzene rings is 3. The van der Waals surface area contributed by atoms with Gasteiger partial charge in [0, 0.05) is 17.7 Å². The van der Waals surface area contributed by atoms with Gasteiger partial charge in [-0.2, -0.15) is 5.10 Å². The third-order valence-electron chi connectivity index (χ3n) is 5.84. The highest BCUT2D eigenvalue weighted by molar-refractivity contribution is 6.10. The van der Waals surface area contributed by atoms with Gasteiger partial charge in [0.05, 0.1) is 29.4 Å². The Hall–Kier alpha value is -4.52. The molecule has 2 heterocycles. The van der Waals surface area contributed by atoms with E-state index in [9.17, 15) is 9.18 Å². The van der Waals surface area contributed by atoms with Crippen LogP contribution in [0.2, 0.25) is 0 Å². The maximum absolute atomic E-state index is 13.5. The fourth-order valence-electron chi connectivity index (χ4n) is 3.96. The molecule has 35 heavy (non-hydrogen) atoms. The molecule has 174 valence electrons. The number of aryl methyl sites for hydroxylation is 1. The molecule has 0 bridgehead atoms. The highest BCUT2D eigenvalue weighted by atomic mass is 19.1. The van der Waals surface area contributed by atoms with Crippen molar-refractivity contribution in [2.24, 2.45) is 0 Å². The van der Waals surface area contributed by atoms with E-state index in [1.807, 2.05) is 55.5 Å². The number of hydrogen-bond donors (Lipinski definition) is 2. The summed E-state index contributed by atoms with van der Waals surface area (Å²) in [6.45, 7) is 2.34. The molecule has 2 N–H and O–H groups in total. The molecule has 5 aromatic rings. The Morgan fingerprint density at radius 3 is 2.49 bits per heavy atom. The fraction of sp³-hybridized carbons (Fsp3) is 0.107. The molecule has 2 aromatic heterocycles. The van der Waals surface area contributed by atoms with Gasteiger partial charge in [-0.1, -0.05) is 42.0 Å². The van der Waals surface area contributed by atoms with Crippen LogP contribution in [0.3, 0.4) is 0 Å². The van der Waals surface area contributed by atoms with Crippen LogP contribution in [-0.4, -0.2) is 28.2 Å². The molecule has 0 aliphatic heterocycles. The van der Waals surface area contributed by atoms with Crippen LogP contribution in [0.4, 0.5) is 4.39 Å². The molecule has 0 aliphatic carbocycles. The van der Waals surface area contributed by atoms with Crippen LogP contribution in [0.5, 0.6) is 5.75 Å². The second-order valence-corrected chi connectivity index (χ2v) is 8.26. The third kappa shape index (κ3) is 4.61. The smallest absolute Gasteiger partial charge is 0.252 e. The molecule has 5 rings (SSSR count). The summed E-state index contributed by atoms with van der Waals surface area (Å²) in [6, 6.07) is 23.3. The second-order valence-electron chi connectivity index (χ2n) is 8.26. The van der Waals surface area contributed by atoms with Crippen LogP contribution < -0.4 is 10.1 Å². The summed E-state index contributed by atoms with van der Waals surface area (Å²) < 4.78 is 18.8. The highest BCUT2D eigenvalue weighted by Gasteiger charge is 2.20. The lowest BCUT2D eigenvalue weighted by Gasteiger charge is -2.11. The zero-order chi connectivity index (χ0) is 24.4. The summed E-state index contributed by atoms with van der Waals surface area (Å²) >= 11 is 0. The molecule has 0 radical (unpaired) electrons. The monoisotopic (exact) mass is 466 g/mol. The van der Waals surface area contributed by atoms with Crippen molar-refractivity contribution in [1.29, 1.82) is 0 Å². The van der Waals surface area contributed by atoms with Crippen molar-refractivity contribution >= 4 is 16.9 Å². The summed E-state index contributed by atoms with van der Waals surface area (Å²) in [7, 11) is 1.61. The minimum Gasteiger partial charge on any atom is -0.497 e. The lowest BCUT2D eigenvalue weighted by Crippen LogP contribution is -2.23. The predicted octanol–water partition coefficient (Wildman–Crippen LogP) is 5.68. The number of halogens is 1. The number of aromatic amines is 1. The van der Waals surface area contributed by atoms with E-state index in [0.717, 1.165) is 22.4 Å². The molecular formula is C28H23FN4O2. The third-order valence-corrected chi connectivity index (χ3v) is 5.84. The Balaban J connectivity index is 1.58. The van der Waals surface area contributed by atoms with Crippen molar-refractivity contribution in [2.45, 2.75) is 13.5 Å². The summed E-state index contributed by atoms with van der Waals surface area (Å²) in [5.74, 6) is 0.116. The molecule has 1 amide bonds. The molecule has 0 fully saturated rings. The van der Waals surface area contributed by atoms with Gasteiger partial charge in [-0.05, 0) is 55.0 Å². The van der Waals surface area contributed by atoms with Gasteiger partial charge in [0.2, 0.25) is 0 Å². The zero-order valence-corrected chi connectivity index (χ0v) is 19.3. The molecule has 0 saturated carbocycles. The Labute approximate surface area is 201 Å². The number of hydrogen-bond acceptors (Lipinski definition) is 4. The number of rotatable bonds is 6. The maximum Gasteiger partial charge on any atom is 0.252 e. The zero-order valence-electron chi connectivity index (χ0n) is 19.3. The molecular weight excluding hydrogens is 443 g/mol. The number of aromatic nitrogens is 3. The molecule has 0 saturated heterocycles. The van der Waals surface area contributed by atoms with Crippen LogP contribution in [0.1, 0.15) is 21.5 Å². The highest BCUT2D eigenvalue weighted by Crippen LogP contribution is 2.31. The van der Waals surface area contributed by atoms with E-state index in [1.165, 1.54) is 12.1 Å². The summed E-state index contributed by atoms with van der Waals surface area (Å²) in [4.78, 5) is 18.2. The molecule has 0 atom stereocenters. The molecule has 0 aliphatic rings. The first-order valence-electron chi connectivity index (χ1n) is 11.1. The predicted molar refractivity (Wildman–Crippen MR) is 134 cm³/mol. The van der Waals surface area contributed by atoms with Crippen LogP contribution in [-0.2, 0) is 6.54 Å². The van der Waals surface area contributed by atoms with Crippen LogP contribution >= 0.6 is 0 Å². The van der Waals surface area contributed by atoms with E-state index >= 15 is 0 Å². The number of nitrogens with one attached hydrogen (secondary N) is 2. The van der Waals surface area contributed by atoms with E-state index in [-0.39, 0.29) is 11.7 Å². The molecule has 7 heteroatoms. The second kappa shape index (κ2) is 9.38. The van der Waals surface area contributed by atoms with Gasteiger partial charge in [-0.25, -0.2) is 9.37 Å². The number of carbonyl (C=O) groups is 1. The number of methoxy groups -OCH3 is 1. The Kier molecular flexibility index (Phi) is 5.97. The lowest BCUT2D eigenvalue weighted by molar-refractivity contribution is 0.0952. The van der Waals surface area contributed by atoms with E-state index in [1.54, 1.807) is 25.3 Å². The molecule has 3 aromatic carbocycles. The van der Waals surface area contributed by atoms with Crippen molar-refractivity contribution in [3.63, 3.8) is 0 Å². The normalized spacial score (nSPS) is 10.9. The van der Waals surface area contributed by atoms with E-state index in [4.69, 9.17) is 9.72 Å². The topological polar surface area (TPSA) is 79.9 Å². The number of pyridine rings is 1. The summed E-state index contributed by atoms with van der Waals surface area (Å²) in [6.07, 6.45) is 0. The molecule has 0 unspecified atom stereocenters. The number of H-pyrrole nitrogens is 1. The molecule has 0 spiro atoms. The number of amides is 1. The average Bonchev–Trinajstić information content (AvgIpc) is 3.32. The van der Waals surface area contributed by atoms with Crippen molar-refractivity contribution in [1.82, 2.24) is 20.5 Å². The minimum absolute atomic E-state index is 0.265. The molecule has 6 nitrogen and oxygen atoms in total. The number of carbonyl (C=O) groups excluding carboxylic acids is 1. The summed E-state index contributed by atoms with van der Waals surface area (Å²) in [5, 5.41) is 10.9. The largest absolute Gasteiger partial charge is 0.497 e. The van der Waals surface area contributed by atoms with E-state index in [2.05, 4.69) is 15.5 Å². The van der Waals surface area contributed by atoms with Gasteiger partial charge >= 0.3 is 0 Å². The van der Waals surface area contributed by atoms with Crippen LogP contribution in [0, 0.1) is 12.7 Å². The first-order chi connectivity index (χ1) is 17.0. The van der Waals surface area contributed by atoms with Crippen molar-refractivity contribution in [3.05, 3.63) is 101 Å². The van der Waals surface area contributed by atoms with Gasteiger partial charge in [0.1, 0.15) is 11.6 Å². The van der Waals surface area contributed by atoms with Crippen LogP contribution in [0.15, 0.2) is 78.9 Å². The van der Waals surface area contributed by atoms with Gasteiger partial charge in [-0.3, -0.25) is 9.89 Å². The number of nitrogens with zero attached hydrogens (tertiary/aromatic N) is 2. The first-order valence-corrected chi connectivity index (χ1v) is 11.1. The SMILES string of the molecule is COc1cccc(CNC(=O)c2cc(-c3ccc(C)cc3)nc3n[nH]c(-c4ccc(F)cc4)c23)c1. The standard InChI is InChI=1S/C28H23FN4O2/c1-17-6-8-19(9-7-17)24-15-23(28(34)30-16-18-4-3-5-22(14-18)35-2)25-26(32-33-27(25)31-24)20-10-12-21(29)13-11-20/h3-15H,16H2,1-2H3,(H,30,34)(H,31,32,33).